The van der Waals surface area contributed by atoms with E-state index in [-0.39, 0.29) is 17.6 Å². The predicted molar refractivity (Wildman–Crippen MR) is 125 cm³/mol. The number of aryl methyl sites for hydroxylation is 3. The average Bonchev–Trinajstić information content (AvgIpc) is 2.72. The predicted octanol–water partition coefficient (Wildman–Crippen LogP) is 5.00. The third-order valence-electron chi connectivity index (χ3n) is 4.51. The van der Waals surface area contributed by atoms with Gasteiger partial charge < -0.3 is 15.4 Å². The highest BCUT2D eigenvalue weighted by Gasteiger charge is 2.18. The van der Waals surface area contributed by atoms with Gasteiger partial charge in [0.25, 0.3) is 5.91 Å². The largest absolute Gasteiger partial charge is 0.497 e. The van der Waals surface area contributed by atoms with Crippen LogP contribution in [0.2, 0.25) is 0 Å². The van der Waals surface area contributed by atoms with E-state index in [2.05, 4.69) is 15.6 Å². The van der Waals surface area contributed by atoms with E-state index in [9.17, 15) is 9.59 Å². The smallest absolute Gasteiger partial charge is 0.258 e. The first kappa shape index (κ1) is 22.4. The van der Waals surface area contributed by atoms with Crippen molar-refractivity contribution in [3.05, 3.63) is 77.0 Å². The Morgan fingerprint density at radius 3 is 2.39 bits per heavy atom. The number of amides is 2. The Labute approximate surface area is 186 Å². The number of aromatic nitrogens is 1. The van der Waals surface area contributed by atoms with Crippen LogP contribution in [-0.4, -0.2) is 29.7 Å². The van der Waals surface area contributed by atoms with Gasteiger partial charge in [-0.3, -0.25) is 9.59 Å². The highest BCUT2D eigenvalue weighted by Crippen LogP contribution is 2.26. The van der Waals surface area contributed by atoms with Crippen LogP contribution in [0.15, 0.2) is 59.6 Å². The van der Waals surface area contributed by atoms with Crippen molar-refractivity contribution < 1.29 is 14.3 Å². The Kier molecular flexibility index (Phi) is 7.31. The molecule has 0 unspecified atom stereocenters. The molecular formula is C24H25N3O3S. The molecule has 2 N–H and O–H groups in total. The van der Waals surface area contributed by atoms with E-state index >= 15 is 0 Å². The second-order valence-corrected chi connectivity index (χ2v) is 8.12. The molecule has 6 nitrogen and oxygen atoms in total. The molecule has 0 aliphatic carbocycles. The maximum absolute atomic E-state index is 13.0. The van der Waals surface area contributed by atoms with Crippen LogP contribution < -0.4 is 15.4 Å². The molecule has 0 atom stereocenters. The Bertz CT molecular complexity index is 1110. The van der Waals surface area contributed by atoms with Crippen LogP contribution in [0.3, 0.4) is 0 Å². The monoisotopic (exact) mass is 435 g/mol. The lowest BCUT2D eigenvalue weighted by molar-refractivity contribution is -0.113. The van der Waals surface area contributed by atoms with Gasteiger partial charge in [0.05, 0.1) is 18.4 Å². The molecule has 0 saturated carbocycles. The lowest BCUT2D eigenvalue weighted by Gasteiger charge is -2.13. The second-order valence-electron chi connectivity index (χ2n) is 7.15. The molecule has 0 aliphatic rings. The van der Waals surface area contributed by atoms with Crippen LogP contribution >= 0.6 is 11.8 Å². The average molecular weight is 436 g/mol. The lowest BCUT2D eigenvalue weighted by atomic mass is 10.1. The van der Waals surface area contributed by atoms with Gasteiger partial charge in [0.15, 0.2) is 0 Å². The zero-order valence-electron chi connectivity index (χ0n) is 18.0. The minimum absolute atomic E-state index is 0.123. The molecule has 0 aliphatic heterocycles. The Morgan fingerprint density at radius 2 is 1.68 bits per heavy atom. The van der Waals surface area contributed by atoms with Crippen LogP contribution in [0.4, 0.5) is 11.4 Å². The summed E-state index contributed by atoms with van der Waals surface area (Å²) in [5.41, 5.74) is 4.51. The van der Waals surface area contributed by atoms with Crippen LogP contribution in [0.1, 0.15) is 27.2 Å². The van der Waals surface area contributed by atoms with Crippen molar-refractivity contribution in [2.75, 3.05) is 23.5 Å². The lowest BCUT2D eigenvalue weighted by Crippen LogP contribution is -2.18. The molecule has 0 fully saturated rings. The Morgan fingerprint density at radius 1 is 0.968 bits per heavy atom. The fourth-order valence-electron chi connectivity index (χ4n) is 3.13. The van der Waals surface area contributed by atoms with Crippen LogP contribution in [0.25, 0.3) is 0 Å². The Balaban J connectivity index is 1.74. The van der Waals surface area contributed by atoms with Gasteiger partial charge in [-0.25, -0.2) is 4.98 Å². The molecule has 2 amide bonds. The number of pyridine rings is 1. The van der Waals surface area contributed by atoms with Gasteiger partial charge >= 0.3 is 0 Å². The first-order valence-electron chi connectivity index (χ1n) is 9.78. The standard InChI is InChI=1S/C24H25N3O3S/c1-15-7-5-8-18(11-15)27-23(29)22-16(2)12-17(3)25-24(22)31-14-21(28)26-19-9-6-10-20(13-19)30-4/h5-13H,14H2,1-4H3,(H,26,28)(H,27,29). The quantitative estimate of drug-likeness (QED) is 0.511. The Hall–Kier alpha value is -3.32. The number of nitrogens with one attached hydrogen (secondary N) is 2. The first-order chi connectivity index (χ1) is 14.9. The summed E-state index contributed by atoms with van der Waals surface area (Å²) in [6.07, 6.45) is 0. The maximum Gasteiger partial charge on any atom is 0.258 e. The molecule has 1 aromatic heterocycles. The van der Waals surface area contributed by atoms with E-state index < -0.39 is 0 Å². The summed E-state index contributed by atoms with van der Waals surface area (Å²) in [5.74, 6) is 0.352. The van der Waals surface area contributed by atoms with E-state index in [1.807, 2.05) is 57.2 Å². The molecule has 3 rings (SSSR count). The zero-order valence-corrected chi connectivity index (χ0v) is 18.8. The zero-order chi connectivity index (χ0) is 22.4. The van der Waals surface area contributed by atoms with Crippen molar-refractivity contribution in [2.24, 2.45) is 0 Å². The first-order valence-corrected chi connectivity index (χ1v) is 10.8. The van der Waals surface area contributed by atoms with Crippen molar-refractivity contribution >= 4 is 35.0 Å². The number of carbonyl (C=O) groups is 2. The van der Waals surface area contributed by atoms with E-state index in [0.29, 0.717) is 22.0 Å². The van der Waals surface area contributed by atoms with E-state index in [1.54, 1.807) is 25.3 Å². The summed E-state index contributed by atoms with van der Waals surface area (Å²) in [5, 5.41) is 6.31. The molecule has 160 valence electrons. The summed E-state index contributed by atoms with van der Waals surface area (Å²) >= 11 is 1.24. The summed E-state index contributed by atoms with van der Waals surface area (Å²) in [6, 6.07) is 16.6. The van der Waals surface area contributed by atoms with Gasteiger partial charge in [-0.2, -0.15) is 0 Å². The number of ether oxygens (including phenoxy) is 1. The third kappa shape index (κ3) is 6.08. The van der Waals surface area contributed by atoms with Crippen molar-refractivity contribution in [3.8, 4) is 5.75 Å². The number of carbonyl (C=O) groups excluding carboxylic acids is 2. The number of benzene rings is 2. The highest BCUT2D eigenvalue weighted by atomic mass is 32.2. The summed E-state index contributed by atoms with van der Waals surface area (Å²) in [6.45, 7) is 5.71. The van der Waals surface area contributed by atoms with Crippen molar-refractivity contribution in [1.29, 1.82) is 0 Å². The van der Waals surface area contributed by atoms with E-state index in [4.69, 9.17) is 4.74 Å². The number of thioether (sulfide) groups is 1. The number of methoxy groups -OCH3 is 1. The van der Waals surface area contributed by atoms with Crippen molar-refractivity contribution in [1.82, 2.24) is 4.98 Å². The molecule has 3 aromatic rings. The fraction of sp³-hybridized carbons (Fsp3) is 0.208. The number of anilines is 2. The number of hydrogen-bond acceptors (Lipinski definition) is 5. The van der Waals surface area contributed by atoms with Crippen LogP contribution in [-0.2, 0) is 4.79 Å². The fourth-order valence-corrected chi connectivity index (χ4v) is 4.08. The number of nitrogens with zero attached hydrogens (tertiary/aromatic N) is 1. The molecule has 7 heteroatoms. The summed E-state index contributed by atoms with van der Waals surface area (Å²) < 4.78 is 5.18. The summed E-state index contributed by atoms with van der Waals surface area (Å²) in [4.78, 5) is 30.0. The normalized spacial score (nSPS) is 10.5. The summed E-state index contributed by atoms with van der Waals surface area (Å²) in [7, 11) is 1.58. The van der Waals surface area contributed by atoms with Gasteiger partial charge in [0.1, 0.15) is 10.8 Å². The van der Waals surface area contributed by atoms with Gasteiger partial charge in [-0.05, 0) is 62.2 Å². The minimum atomic E-state index is -0.244. The van der Waals surface area contributed by atoms with E-state index in [1.165, 1.54) is 11.8 Å². The topological polar surface area (TPSA) is 80.3 Å². The van der Waals surface area contributed by atoms with Gasteiger partial charge in [0.2, 0.25) is 5.91 Å². The molecule has 1 heterocycles. The van der Waals surface area contributed by atoms with Crippen LogP contribution in [0, 0.1) is 20.8 Å². The maximum atomic E-state index is 13.0. The number of rotatable bonds is 7. The molecule has 2 aromatic carbocycles. The molecule has 0 spiro atoms. The van der Waals surface area contributed by atoms with Gasteiger partial charge in [0, 0.05) is 23.1 Å². The van der Waals surface area contributed by atoms with Crippen molar-refractivity contribution in [3.63, 3.8) is 0 Å². The molecule has 0 saturated heterocycles. The number of hydrogen-bond donors (Lipinski definition) is 2. The van der Waals surface area contributed by atoms with E-state index in [0.717, 1.165) is 22.5 Å². The van der Waals surface area contributed by atoms with Crippen LogP contribution in [0.5, 0.6) is 5.75 Å². The molecular weight excluding hydrogens is 410 g/mol. The molecule has 0 radical (unpaired) electrons. The highest BCUT2D eigenvalue weighted by molar-refractivity contribution is 8.00. The SMILES string of the molecule is COc1cccc(NC(=O)CSc2nc(C)cc(C)c2C(=O)Nc2cccc(C)c2)c1. The molecule has 0 bridgehead atoms. The van der Waals surface area contributed by atoms with Gasteiger partial charge in [-0.1, -0.05) is 30.0 Å². The van der Waals surface area contributed by atoms with Gasteiger partial charge in [-0.15, -0.1) is 0 Å². The third-order valence-corrected chi connectivity index (χ3v) is 5.48. The van der Waals surface area contributed by atoms with Crippen molar-refractivity contribution in [2.45, 2.75) is 25.8 Å². The second kappa shape index (κ2) is 10.1. The molecule has 31 heavy (non-hydrogen) atoms. The minimum Gasteiger partial charge on any atom is -0.497 e.